The first kappa shape index (κ1) is 24.8. The molecule has 0 saturated carbocycles. The van der Waals surface area contributed by atoms with E-state index >= 15 is 0 Å². The maximum Gasteiger partial charge on any atom is 0.410 e. The number of hydrogen-bond acceptors (Lipinski definition) is 7. The van der Waals surface area contributed by atoms with Crippen molar-refractivity contribution in [2.24, 2.45) is 0 Å². The molecular formula is C28H33N7O2. The molecule has 1 aromatic carbocycles. The Balaban J connectivity index is 1.24. The van der Waals surface area contributed by atoms with Crippen LogP contribution in [0.4, 0.5) is 4.79 Å². The number of ether oxygens (including phenoxy) is 1. The second-order valence-corrected chi connectivity index (χ2v) is 10.5. The number of nitrogens with one attached hydrogen (secondary N) is 1. The minimum absolute atomic E-state index is 0.232. The number of H-pyrrole nitrogens is 1. The zero-order valence-electron chi connectivity index (χ0n) is 21.9. The van der Waals surface area contributed by atoms with Gasteiger partial charge in [0, 0.05) is 62.3 Å². The van der Waals surface area contributed by atoms with Crippen LogP contribution in [0.15, 0.2) is 48.9 Å². The monoisotopic (exact) mass is 499 g/mol. The van der Waals surface area contributed by atoms with Gasteiger partial charge in [-0.15, -0.1) is 0 Å². The summed E-state index contributed by atoms with van der Waals surface area (Å²) in [6.45, 7) is 11.5. The van der Waals surface area contributed by atoms with E-state index in [4.69, 9.17) is 14.7 Å². The number of hydrogen-bond donors (Lipinski definition) is 1. The van der Waals surface area contributed by atoms with Crippen molar-refractivity contribution in [1.29, 1.82) is 0 Å². The lowest BCUT2D eigenvalue weighted by Gasteiger charge is -2.35. The number of rotatable bonds is 5. The minimum atomic E-state index is -0.474. The molecule has 9 nitrogen and oxygen atoms in total. The summed E-state index contributed by atoms with van der Waals surface area (Å²) in [5.41, 5.74) is 6.51. The molecule has 1 aliphatic rings. The molecular weight excluding hydrogens is 466 g/mol. The number of aromatic nitrogens is 5. The predicted molar refractivity (Wildman–Crippen MR) is 142 cm³/mol. The second-order valence-electron chi connectivity index (χ2n) is 10.5. The van der Waals surface area contributed by atoms with Gasteiger partial charge in [0.1, 0.15) is 17.8 Å². The van der Waals surface area contributed by atoms with Crippen LogP contribution in [0.1, 0.15) is 43.5 Å². The van der Waals surface area contributed by atoms with Gasteiger partial charge in [-0.05, 0) is 63.6 Å². The zero-order valence-corrected chi connectivity index (χ0v) is 21.9. The van der Waals surface area contributed by atoms with Crippen LogP contribution in [0.2, 0.25) is 0 Å². The van der Waals surface area contributed by atoms with E-state index in [1.54, 1.807) is 17.4 Å². The fourth-order valence-corrected chi connectivity index (χ4v) is 4.61. The molecule has 1 amide bonds. The number of piperazine rings is 1. The molecule has 192 valence electrons. The number of aromatic amines is 1. The smallest absolute Gasteiger partial charge is 0.410 e. The van der Waals surface area contributed by atoms with E-state index in [9.17, 15) is 4.79 Å². The van der Waals surface area contributed by atoms with E-state index < -0.39 is 5.60 Å². The number of nitrogens with zero attached hydrogens (tertiary/aromatic N) is 6. The molecule has 4 aromatic rings. The third-order valence-corrected chi connectivity index (χ3v) is 6.25. The Kier molecular flexibility index (Phi) is 6.88. The lowest BCUT2D eigenvalue weighted by molar-refractivity contribution is 0.0139. The number of carbonyl (C=O) groups is 1. The molecule has 5 rings (SSSR count). The molecule has 0 atom stereocenters. The van der Waals surface area contributed by atoms with Crippen molar-refractivity contribution < 1.29 is 9.53 Å². The Morgan fingerprint density at radius 1 is 1.05 bits per heavy atom. The summed E-state index contributed by atoms with van der Waals surface area (Å²) in [5.74, 6) is 0.880. The van der Waals surface area contributed by atoms with E-state index in [0.717, 1.165) is 59.1 Å². The molecule has 1 aliphatic heterocycles. The summed E-state index contributed by atoms with van der Waals surface area (Å²) in [5, 5.41) is 0. The molecule has 0 bridgehead atoms. The highest BCUT2D eigenvalue weighted by atomic mass is 16.6. The Bertz CT molecular complexity index is 1390. The average molecular weight is 500 g/mol. The van der Waals surface area contributed by atoms with Crippen LogP contribution < -0.4 is 0 Å². The van der Waals surface area contributed by atoms with Crippen molar-refractivity contribution in [2.75, 3.05) is 26.2 Å². The standard InChI is InChI=1S/C28H33N7O2/c1-19-13-20(17-34-9-11-35(12-10-34)27(36)37-28(2,3)4)14-22(31-19)16-26-32-24-6-5-21(15-25(24)33-26)23-7-8-29-18-30-23/h5-8,13-15,18H,9-12,16-17H2,1-4H3,(H,32,33). The number of pyridine rings is 1. The van der Waals surface area contributed by atoms with Gasteiger partial charge < -0.3 is 14.6 Å². The first-order chi connectivity index (χ1) is 17.7. The van der Waals surface area contributed by atoms with Gasteiger partial charge in [0.2, 0.25) is 0 Å². The molecule has 0 radical (unpaired) electrons. The number of fused-ring (bicyclic) bond motifs is 1. The van der Waals surface area contributed by atoms with Crippen LogP contribution in [0.5, 0.6) is 0 Å². The average Bonchev–Trinajstić information content (AvgIpc) is 3.25. The van der Waals surface area contributed by atoms with Crippen LogP contribution in [-0.2, 0) is 17.7 Å². The highest BCUT2D eigenvalue weighted by Crippen LogP contribution is 2.22. The van der Waals surface area contributed by atoms with Gasteiger partial charge in [-0.1, -0.05) is 6.07 Å². The number of aryl methyl sites for hydroxylation is 1. The van der Waals surface area contributed by atoms with E-state index in [1.165, 1.54) is 5.56 Å². The number of imidazole rings is 1. The van der Waals surface area contributed by atoms with Gasteiger partial charge >= 0.3 is 6.09 Å². The van der Waals surface area contributed by atoms with Crippen molar-refractivity contribution in [2.45, 2.75) is 46.3 Å². The van der Waals surface area contributed by atoms with Gasteiger partial charge in [-0.25, -0.2) is 19.7 Å². The van der Waals surface area contributed by atoms with Gasteiger partial charge in [0.05, 0.1) is 16.7 Å². The normalized spacial score (nSPS) is 14.8. The first-order valence-corrected chi connectivity index (χ1v) is 12.6. The maximum absolute atomic E-state index is 12.4. The zero-order chi connectivity index (χ0) is 26.0. The predicted octanol–water partition coefficient (Wildman–Crippen LogP) is 4.37. The number of benzene rings is 1. The molecule has 37 heavy (non-hydrogen) atoms. The molecule has 1 N–H and O–H groups in total. The van der Waals surface area contributed by atoms with Crippen LogP contribution in [0.25, 0.3) is 22.3 Å². The number of amides is 1. The highest BCUT2D eigenvalue weighted by Gasteiger charge is 2.26. The quantitative estimate of drug-likeness (QED) is 0.435. The van der Waals surface area contributed by atoms with Crippen LogP contribution in [-0.4, -0.2) is 72.6 Å². The largest absolute Gasteiger partial charge is 0.444 e. The Morgan fingerprint density at radius 2 is 1.86 bits per heavy atom. The second kappa shape index (κ2) is 10.3. The van der Waals surface area contributed by atoms with E-state index in [0.29, 0.717) is 19.5 Å². The fourth-order valence-electron chi connectivity index (χ4n) is 4.61. The topological polar surface area (TPSA) is 100 Å². The van der Waals surface area contributed by atoms with Crippen molar-refractivity contribution in [1.82, 2.24) is 34.7 Å². The SMILES string of the molecule is Cc1cc(CN2CCN(C(=O)OC(C)(C)C)CC2)cc(Cc2nc3ccc(-c4ccncn4)cc3[nH]2)n1. The van der Waals surface area contributed by atoms with Crippen molar-refractivity contribution in [3.63, 3.8) is 0 Å². The molecule has 9 heteroatoms. The van der Waals surface area contributed by atoms with Crippen molar-refractivity contribution in [3.05, 3.63) is 71.7 Å². The van der Waals surface area contributed by atoms with Crippen molar-refractivity contribution in [3.8, 4) is 11.3 Å². The third-order valence-electron chi connectivity index (χ3n) is 6.25. The first-order valence-electron chi connectivity index (χ1n) is 12.6. The molecule has 0 unspecified atom stereocenters. The molecule has 4 heterocycles. The summed E-state index contributed by atoms with van der Waals surface area (Å²) >= 11 is 0. The maximum atomic E-state index is 12.4. The van der Waals surface area contributed by atoms with E-state index in [2.05, 4.69) is 38.1 Å². The van der Waals surface area contributed by atoms with Gasteiger partial charge in [-0.2, -0.15) is 0 Å². The molecule has 0 spiro atoms. The Hall–Kier alpha value is -3.85. The molecule has 3 aromatic heterocycles. The fraction of sp³-hybridized carbons (Fsp3) is 0.393. The van der Waals surface area contributed by atoms with E-state index in [-0.39, 0.29) is 6.09 Å². The number of carbonyl (C=O) groups excluding carboxylic acids is 1. The molecule has 1 saturated heterocycles. The van der Waals surface area contributed by atoms with Gasteiger partial charge in [0.25, 0.3) is 0 Å². The minimum Gasteiger partial charge on any atom is -0.444 e. The van der Waals surface area contributed by atoms with Gasteiger partial charge in [0.15, 0.2) is 0 Å². The lowest BCUT2D eigenvalue weighted by Crippen LogP contribution is -2.49. The Labute approximate surface area is 216 Å². The lowest BCUT2D eigenvalue weighted by atomic mass is 10.1. The van der Waals surface area contributed by atoms with Crippen LogP contribution in [0, 0.1) is 6.92 Å². The third kappa shape index (κ3) is 6.29. The van der Waals surface area contributed by atoms with E-state index in [1.807, 2.05) is 45.9 Å². The molecule has 1 fully saturated rings. The van der Waals surface area contributed by atoms with Crippen LogP contribution in [0.3, 0.4) is 0 Å². The summed E-state index contributed by atoms with van der Waals surface area (Å²) in [4.78, 5) is 37.9. The summed E-state index contributed by atoms with van der Waals surface area (Å²) < 4.78 is 5.52. The Morgan fingerprint density at radius 3 is 2.59 bits per heavy atom. The van der Waals surface area contributed by atoms with Crippen LogP contribution >= 0.6 is 0 Å². The van der Waals surface area contributed by atoms with Gasteiger partial charge in [-0.3, -0.25) is 9.88 Å². The molecule has 0 aliphatic carbocycles. The van der Waals surface area contributed by atoms with Crippen molar-refractivity contribution >= 4 is 17.1 Å². The summed E-state index contributed by atoms with van der Waals surface area (Å²) in [6.07, 6.45) is 3.69. The highest BCUT2D eigenvalue weighted by molar-refractivity contribution is 5.81. The summed E-state index contributed by atoms with van der Waals surface area (Å²) in [6, 6.07) is 12.3. The summed E-state index contributed by atoms with van der Waals surface area (Å²) in [7, 11) is 0.